The maximum Gasteiger partial charge on any atom is 0.0468 e. The van der Waals surface area contributed by atoms with Gasteiger partial charge in [0.1, 0.15) is 0 Å². The number of allylic oxidation sites excluding steroid dienone is 6. The maximum atomic E-state index is 2.48. The van der Waals surface area contributed by atoms with E-state index >= 15 is 0 Å². The van der Waals surface area contributed by atoms with Crippen LogP contribution in [0.3, 0.4) is 0 Å². The van der Waals surface area contributed by atoms with E-state index in [2.05, 4.69) is 436 Å². The molecule has 16 aromatic carbocycles. The fraction of sp³-hybridized carbons (Fsp3) is 0.234. The summed E-state index contributed by atoms with van der Waals surface area (Å²) < 4.78 is 0. The summed E-state index contributed by atoms with van der Waals surface area (Å²) in [6.45, 7) is 6.58. The fourth-order valence-corrected chi connectivity index (χ4v) is 23.3. The van der Waals surface area contributed by atoms with Crippen LogP contribution in [0.25, 0.3) is 104 Å². The van der Waals surface area contributed by atoms with Gasteiger partial charge in [-0.15, -0.1) is 0 Å². The number of hydrogen-bond acceptors (Lipinski definition) is 3. The molecule has 0 N–H and O–H groups in total. The number of nitrogens with zero attached hydrogens (tertiary/aromatic N) is 3. The topological polar surface area (TPSA) is 9.72 Å². The lowest BCUT2D eigenvalue weighted by atomic mass is 9.91. The zero-order valence-corrected chi connectivity index (χ0v) is 84.7. The monoisotopic (exact) mass is 1870 g/mol. The van der Waals surface area contributed by atoms with Crippen molar-refractivity contribution in [2.75, 3.05) is 14.7 Å². The molecule has 6 aliphatic rings. The lowest BCUT2D eigenvalue weighted by Gasteiger charge is -2.28. The third kappa shape index (κ3) is 22.5. The SMILES string of the molecule is Cc1ccc(N(c2ccc(C=C(c3ccc(C=C4CCCCC4)cc3)c3ccc(C=C4CCCCC4)cc3)cc2)c2ccc3c(c2)c2ccc(N(c4ccc(C)cc4)c4ccc(C=C(c5ccc(C=C6CCCCC6)cc5)c5ccc(C=C6CCCCC6)cc5)cc4)cc2c2ccc(N(c4ccc(C)cc4)c4ccc(C=C(c5ccc(C=C6CCCCC6)cc5)c5ccc(C=C6CCCCC6)cc5)cc4)cc32)cc1. The van der Waals surface area contributed by atoms with E-state index in [1.165, 1.54) is 325 Å². The zero-order chi connectivity index (χ0) is 96.9. The van der Waals surface area contributed by atoms with Crippen molar-refractivity contribution in [2.45, 2.75) is 213 Å². The maximum absolute atomic E-state index is 2.48. The van der Waals surface area contributed by atoms with E-state index in [0.717, 1.165) is 67.9 Å². The first-order valence-corrected chi connectivity index (χ1v) is 54.3. The standard InChI is InChI=1S/C141H135N3/c1-100-34-70-124(71-35-100)142(127-76-52-115(53-77-127)94-136(118-58-40-109(41-59-118)88-103-22-10-4-11-23-103)119-60-42-110(43-61-119)89-104-24-12-5-13-25-104)130-82-85-133-139(97-130)134-86-83-131(143(125-72-36-101(2)37-73-125)128-78-54-116(55-79-128)95-137(120-62-44-111(45-63-120)90-105-26-14-6-15-27-105)121-64-46-112(47-65-121)91-106-28-16-7-17-29-106)99-141(134)135-87-84-132(98-140(133)135)144(126-74-38-102(3)39-75-126)129-80-56-117(57-81-129)96-138(122-66-48-113(49-67-122)92-107-30-18-8-19-31-107)123-68-50-114(51-69-123)93-108-32-20-9-21-33-108/h34-99H,4-33H2,1-3H3. The van der Waals surface area contributed by atoms with E-state index < -0.39 is 0 Å². The Labute approximate surface area is 856 Å². The Hall–Kier alpha value is -14.6. The molecule has 0 amide bonds. The predicted octanol–water partition coefficient (Wildman–Crippen LogP) is 41.3. The molecule has 6 fully saturated rings. The Morgan fingerprint density at radius 1 is 0.153 bits per heavy atom. The lowest BCUT2D eigenvalue weighted by molar-refractivity contribution is 0.602. The Morgan fingerprint density at radius 2 is 0.306 bits per heavy atom. The largest absolute Gasteiger partial charge is 0.310 e. The minimum atomic E-state index is 1.07. The average molecular weight is 1870 g/mol. The molecule has 0 spiro atoms. The molecule has 16 aromatic rings. The van der Waals surface area contributed by atoms with Gasteiger partial charge in [-0.2, -0.15) is 0 Å². The van der Waals surface area contributed by atoms with Crippen molar-refractivity contribution in [3.05, 3.63) is 479 Å². The molecule has 144 heavy (non-hydrogen) atoms. The highest BCUT2D eigenvalue weighted by atomic mass is 15.2. The number of benzene rings is 16. The summed E-state index contributed by atoms with van der Waals surface area (Å²) in [5.74, 6) is 0. The molecule has 6 aliphatic carbocycles. The van der Waals surface area contributed by atoms with E-state index in [4.69, 9.17) is 0 Å². The molecule has 0 heterocycles. The van der Waals surface area contributed by atoms with Crippen LogP contribution in [0.2, 0.25) is 0 Å². The van der Waals surface area contributed by atoms with E-state index in [1.54, 1.807) is 33.4 Å². The molecule has 22 rings (SSSR count). The van der Waals surface area contributed by atoms with E-state index in [1.807, 2.05) is 0 Å². The summed E-state index contributed by atoms with van der Waals surface area (Å²) in [5.41, 5.74) is 44.9. The number of aryl methyl sites for hydroxylation is 3. The smallest absolute Gasteiger partial charge is 0.0468 e. The molecule has 0 aromatic heterocycles. The molecule has 0 unspecified atom stereocenters. The number of fused-ring (bicyclic) bond motifs is 6. The number of rotatable bonds is 24. The van der Waals surface area contributed by atoms with Gasteiger partial charge in [-0.25, -0.2) is 0 Å². The summed E-state index contributed by atoms with van der Waals surface area (Å²) >= 11 is 0. The quantitative estimate of drug-likeness (QED) is 0.0441. The van der Waals surface area contributed by atoms with Crippen LogP contribution in [0, 0.1) is 20.8 Å². The second-order valence-corrected chi connectivity index (χ2v) is 42.1. The minimum absolute atomic E-state index is 1.07. The summed E-state index contributed by atoms with van der Waals surface area (Å²) in [6.07, 6.45) is 59.9. The number of hydrogen-bond donors (Lipinski definition) is 0. The van der Waals surface area contributed by atoms with Gasteiger partial charge in [-0.1, -0.05) is 362 Å². The molecular formula is C141H135N3. The van der Waals surface area contributed by atoms with E-state index in [0.29, 0.717) is 0 Å². The summed E-state index contributed by atoms with van der Waals surface area (Å²) in [7, 11) is 0. The predicted molar refractivity (Wildman–Crippen MR) is 623 cm³/mol. The first-order valence-electron chi connectivity index (χ1n) is 54.3. The van der Waals surface area contributed by atoms with Gasteiger partial charge in [0, 0.05) is 51.2 Å². The Bertz CT molecular complexity index is 6540. The molecule has 0 aliphatic heterocycles. The van der Waals surface area contributed by atoms with Gasteiger partial charge < -0.3 is 14.7 Å². The summed E-state index contributed by atoms with van der Waals surface area (Å²) in [4.78, 5) is 7.39. The van der Waals surface area contributed by atoms with Crippen LogP contribution in [-0.4, -0.2) is 0 Å². The first kappa shape index (κ1) is 94.3. The second kappa shape index (κ2) is 44.5. The minimum Gasteiger partial charge on any atom is -0.310 e. The normalized spacial score (nSPS) is 15.1. The third-order valence-corrected chi connectivity index (χ3v) is 31.4. The molecular weight excluding hydrogens is 1740 g/mol. The molecule has 714 valence electrons. The van der Waals surface area contributed by atoms with Crippen LogP contribution < -0.4 is 14.7 Å². The van der Waals surface area contributed by atoms with Crippen molar-refractivity contribution in [1.82, 2.24) is 0 Å². The molecule has 3 nitrogen and oxygen atoms in total. The second-order valence-electron chi connectivity index (χ2n) is 42.1. The van der Waals surface area contributed by atoms with Crippen LogP contribution in [0.5, 0.6) is 0 Å². The highest BCUT2D eigenvalue weighted by Gasteiger charge is 2.25. The molecule has 0 radical (unpaired) electrons. The van der Waals surface area contributed by atoms with Crippen LogP contribution in [0.15, 0.2) is 379 Å². The van der Waals surface area contributed by atoms with Gasteiger partial charge in [-0.3, -0.25) is 0 Å². The summed E-state index contributed by atoms with van der Waals surface area (Å²) in [5, 5.41) is 7.05. The molecule has 0 atom stereocenters. The number of anilines is 9. The van der Waals surface area contributed by atoms with Gasteiger partial charge in [0.25, 0.3) is 0 Å². The summed E-state index contributed by atoms with van der Waals surface area (Å²) in [6, 6.07) is 133. The highest BCUT2D eigenvalue weighted by molar-refractivity contribution is 6.27. The van der Waals surface area contributed by atoms with Gasteiger partial charge in [0.15, 0.2) is 0 Å². The highest BCUT2D eigenvalue weighted by Crippen LogP contribution is 2.49. The average Bonchev–Trinajstić information content (AvgIpc) is 0.724. The third-order valence-electron chi connectivity index (χ3n) is 31.4. The van der Waals surface area contributed by atoms with Gasteiger partial charge >= 0.3 is 0 Å². The van der Waals surface area contributed by atoms with Crippen molar-refractivity contribution in [3.63, 3.8) is 0 Å². The van der Waals surface area contributed by atoms with Crippen molar-refractivity contribution in [3.8, 4) is 0 Å². The Kier molecular flexibility index (Phi) is 29.1. The Morgan fingerprint density at radius 3 is 0.479 bits per heavy atom. The van der Waals surface area contributed by atoms with Gasteiger partial charge in [-0.05, 0) is 435 Å². The first-order chi connectivity index (χ1) is 71.0. The van der Waals surface area contributed by atoms with E-state index in [9.17, 15) is 0 Å². The molecule has 0 saturated heterocycles. The van der Waals surface area contributed by atoms with Crippen molar-refractivity contribution in [2.24, 2.45) is 0 Å². The van der Waals surface area contributed by atoms with Crippen LogP contribution in [-0.2, 0) is 0 Å². The Balaban J connectivity index is 0.672. The van der Waals surface area contributed by atoms with E-state index in [-0.39, 0.29) is 0 Å². The van der Waals surface area contributed by atoms with Crippen molar-refractivity contribution < 1.29 is 0 Å². The van der Waals surface area contributed by atoms with Crippen LogP contribution in [0.4, 0.5) is 51.2 Å². The van der Waals surface area contributed by atoms with Crippen molar-refractivity contribution in [1.29, 1.82) is 0 Å². The molecule has 3 heteroatoms. The lowest BCUT2D eigenvalue weighted by Crippen LogP contribution is -2.11. The van der Waals surface area contributed by atoms with Crippen LogP contribution >= 0.6 is 0 Å². The molecule has 6 saturated carbocycles. The fourth-order valence-electron chi connectivity index (χ4n) is 23.3. The van der Waals surface area contributed by atoms with Crippen molar-refractivity contribution >= 4 is 155 Å². The van der Waals surface area contributed by atoms with Gasteiger partial charge in [0.05, 0.1) is 0 Å². The molecule has 0 bridgehead atoms. The van der Waals surface area contributed by atoms with Gasteiger partial charge in [0.2, 0.25) is 0 Å². The van der Waals surface area contributed by atoms with Crippen LogP contribution in [0.1, 0.15) is 293 Å². The zero-order valence-electron chi connectivity index (χ0n) is 84.7.